The Kier molecular flexibility index (Phi) is 9.46. The van der Waals surface area contributed by atoms with Crippen molar-refractivity contribution in [3.8, 4) is 5.75 Å². The molecule has 1 aromatic carbocycles. The van der Waals surface area contributed by atoms with Crippen LogP contribution >= 0.6 is 46.3 Å². The smallest absolute Gasteiger partial charge is 0.341 e. The van der Waals surface area contributed by atoms with Crippen LogP contribution in [0.5, 0.6) is 5.75 Å². The highest BCUT2D eigenvalue weighted by Crippen LogP contribution is 2.35. The first-order valence-electron chi connectivity index (χ1n) is 10.8. The third-order valence-electron chi connectivity index (χ3n) is 5.15. The minimum absolute atomic E-state index is 0.0180. The number of hydrogen-bond acceptors (Lipinski definition) is 9. The minimum atomic E-state index is -0.638. The van der Waals surface area contributed by atoms with Gasteiger partial charge in [0.2, 0.25) is 5.91 Å². The number of esters is 1. The number of methoxy groups -OCH3 is 1. The van der Waals surface area contributed by atoms with Crippen molar-refractivity contribution in [3.63, 3.8) is 0 Å². The van der Waals surface area contributed by atoms with Gasteiger partial charge in [-0.05, 0) is 31.5 Å². The summed E-state index contributed by atoms with van der Waals surface area (Å²) in [4.78, 5) is 39.4. The highest BCUT2D eigenvalue weighted by molar-refractivity contribution is 7.99. The highest BCUT2D eigenvalue weighted by atomic mass is 35.5. The second-order valence-corrected chi connectivity index (χ2v) is 10.8. The third-order valence-corrected chi connectivity index (χ3v) is 7.91. The van der Waals surface area contributed by atoms with Gasteiger partial charge in [0.05, 0.1) is 28.3 Å². The molecule has 3 rings (SSSR count). The number of carbonyl (C=O) groups is 3. The molecule has 37 heavy (non-hydrogen) atoms. The Balaban J connectivity index is 1.71. The van der Waals surface area contributed by atoms with Crippen molar-refractivity contribution in [3.05, 3.63) is 50.1 Å². The molecular formula is C23H25Cl2N5O5S2. The van der Waals surface area contributed by atoms with Crippen LogP contribution in [-0.4, -0.2) is 64.4 Å². The van der Waals surface area contributed by atoms with Crippen LogP contribution in [0, 0.1) is 6.92 Å². The lowest BCUT2D eigenvalue weighted by Crippen LogP contribution is -2.21. The van der Waals surface area contributed by atoms with Crippen LogP contribution in [0.2, 0.25) is 10.0 Å². The Labute approximate surface area is 232 Å². The monoisotopic (exact) mass is 585 g/mol. The van der Waals surface area contributed by atoms with E-state index in [1.165, 1.54) is 12.0 Å². The van der Waals surface area contributed by atoms with Crippen molar-refractivity contribution in [2.75, 3.05) is 32.3 Å². The zero-order chi connectivity index (χ0) is 27.4. The fourth-order valence-corrected chi connectivity index (χ4v) is 5.54. The first kappa shape index (κ1) is 28.8. The predicted octanol–water partition coefficient (Wildman–Crippen LogP) is 4.85. The molecule has 0 bridgehead atoms. The molecule has 1 atom stereocenters. The first-order chi connectivity index (χ1) is 17.4. The maximum Gasteiger partial charge on any atom is 0.341 e. The van der Waals surface area contributed by atoms with Crippen LogP contribution in [0.3, 0.4) is 0 Å². The van der Waals surface area contributed by atoms with E-state index in [9.17, 15) is 14.4 Å². The van der Waals surface area contributed by atoms with Crippen LogP contribution in [-0.2, 0) is 16.6 Å². The Bertz CT molecular complexity index is 1340. The molecule has 14 heteroatoms. The molecule has 2 amide bonds. The number of nitrogens with zero attached hydrogens (tertiary/aromatic N) is 4. The molecule has 2 aromatic heterocycles. The zero-order valence-electron chi connectivity index (χ0n) is 20.9. The van der Waals surface area contributed by atoms with Gasteiger partial charge in [-0.2, -0.15) is 0 Å². The fraction of sp³-hybridized carbons (Fsp3) is 0.348. The van der Waals surface area contributed by atoms with E-state index in [1.807, 2.05) is 0 Å². The number of aromatic nitrogens is 3. The summed E-state index contributed by atoms with van der Waals surface area (Å²) in [6.07, 6.45) is -0.499. The van der Waals surface area contributed by atoms with Crippen molar-refractivity contribution in [1.29, 1.82) is 0 Å². The van der Waals surface area contributed by atoms with Crippen LogP contribution < -0.4 is 10.1 Å². The van der Waals surface area contributed by atoms with Gasteiger partial charge in [0.25, 0.3) is 5.91 Å². The number of amides is 2. The number of halogens is 2. The summed E-state index contributed by atoms with van der Waals surface area (Å²) in [6.45, 7) is 3.44. The van der Waals surface area contributed by atoms with Crippen LogP contribution in [0.4, 0.5) is 5.00 Å². The number of carbonyl (C=O) groups excluding carboxylic acids is 3. The van der Waals surface area contributed by atoms with Gasteiger partial charge >= 0.3 is 5.97 Å². The minimum Gasteiger partial charge on any atom is -0.481 e. The topological polar surface area (TPSA) is 116 Å². The number of nitrogens with one attached hydrogen (secondary N) is 1. The maximum atomic E-state index is 12.8. The zero-order valence-corrected chi connectivity index (χ0v) is 24.1. The van der Waals surface area contributed by atoms with E-state index in [0.717, 1.165) is 23.1 Å². The number of thiophene rings is 1. The SMILES string of the molecule is COC(=O)c1c(NC(=O)CSc2nnc(C(C)Oc3cc(Cl)ccc3Cl)n2C)sc(C(=O)N(C)C)c1C. The Hall–Kier alpha value is -2.80. The lowest BCUT2D eigenvalue weighted by Gasteiger charge is -2.15. The van der Waals surface area contributed by atoms with Crippen molar-refractivity contribution in [1.82, 2.24) is 19.7 Å². The molecule has 1 unspecified atom stereocenters. The van der Waals surface area contributed by atoms with Gasteiger partial charge in [0, 0.05) is 32.2 Å². The highest BCUT2D eigenvalue weighted by Gasteiger charge is 2.27. The molecule has 3 aromatic rings. The van der Waals surface area contributed by atoms with Crippen molar-refractivity contribution in [2.45, 2.75) is 25.1 Å². The number of benzene rings is 1. The van der Waals surface area contributed by atoms with Crippen molar-refractivity contribution in [2.24, 2.45) is 7.05 Å². The van der Waals surface area contributed by atoms with E-state index < -0.39 is 12.1 Å². The van der Waals surface area contributed by atoms with Gasteiger partial charge in [-0.25, -0.2) is 4.79 Å². The first-order valence-corrected chi connectivity index (χ1v) is 13.4. The Morgan fingerprint density at radius 2 is 1.95 bits per heavy atom. The molecule has 0 aliphatic rings. The van der Waals surface area contributed by atoms with E-state index in [-0.39, 0.29) is 28.1 Å². The average molecular weight is 587 g/mol. The summed E-state index contributed by atoms with van der Waals surface area (Å²) in [5, 5.41) is 12.7. The quantitative estimate of drug-likeness (QED) is 0.280. The van der Waals surface area contributed by atoms with E-state index >= 15 is 0 Å². The summed E-state index contributed by atoms with van der Waals surface area (Å²) < 4.78 is 12.5. The number of anilines is 1. The molecule has 0 saturated heterocycles. The molecule has 198 valence electrons. The van der Waals surface area contributed by atoms with Gasteiger partial charge in [0.1, 0.15) is 10.8 Å². The summed E-state index contributed by atoms with van der Waals surface area (Å²) in [7, 11) is 6.22. The molecule has 0 spiro atoms. The van der Waals surface area contributed by atoms with Crippen LogP contribution in [0.1, 0.15) is 44.4 Å². The van der Waals surface area contributed by atoms with Gasteiger partial charge in [-0.3, -0.25) is 9.59 Å². The number of thioether (sulfide) groups is 1. The van der Waals surface area contributed by atoms with E-state index in [0.29, 0.717) is 37.2 Å². The van der Waals surface area contributed by atoms with Gasteiger partial charge in [-0.1, -0.05) is 35.0 Å². The number of hydrogen-bond donors (Lipinski definition) is 1. The Morgan fingerprint density at radius 1 is 1.24 bits per heavy atom. The van der Waals surface area contributed by atoms with Crippen LogP contribution in [0.25, 0.3) is 0 Å². The molecule has 10 nitrogen and oxygen atoms in total. The van der Waals surface area contributed by atoms with E-state index in [1.54, 1.807) is 57.8 Å². The molecule has 0 saturated carbocycles. The summed E-state index contributed by atoms with van der Waals surface area (Å²) in [6, 6.07) is 4.92. The predicted molar refractivity (Wildman–Crippen MR) is 144 cm³/mol. The molecule has 0 fully saturated rings. The second kappa shape index (κ2) is 12.2. The summed E-state index contributed by atoms with van der Waals surface area (Å²) >= 11 is 14.4. The molecule has 1 N–H and O–H groups in total. The molecule has 0 aliphatic carbocycles. The normalized spacial score (nSPS) is 11.7. The van der Waals surface area contributed by atoms with Gasteiger partial charge in [0.15, 0.2) is 17.1 Å². The summed E-state index contributed by atoms with van der Waals surface area (Å²) in [5.41, 5.74) is 0.605. The van der Waals surface area contributed by atoms with E-state index in [2.05, 4.69) is 15.5 Å². The van der Waals surface area contributed by atoms with E-state index in [4.69, 9.17) is 32.7 Å². The maximum absolute atomic E-state index is 12.8. The number of rotatable bonds is 9. The number of ether oxygens (including phenoxy) is 2. The standard InChI is InChI=1S/C23H25Cl2N5O5S2/c1-11-17(22(33)34-6)20(37-18(11)21(32)29(3)4)26-16(31)10-36-23-28-27-19(30(23)5)12(2)35-15-9-13(24)7-8-14(15)25/h7-9,12H,10H2,1-6H3,(H,26,31). The van der Waals surface area contributed by atoms with Crippen molar-refractivity contribution < 1.29 is 23.9 Å². The molecule has 0 aliphatic heterocycles. The van der Waals surface area contributed by atoms with Crippen LogP contribution in [0.15, 0.2) is 23.4 Å². The van der Waals surface area contributed by atoms with Crippen molar-refractivity contribution >= 4 is 69.1 Å². The Morgan fingerprint density at radius 3 is 2.59 bits per heavy atom. The lowest BCUT2D eigenvalue weighted by molar-refractivity contribution is -0.113. The average Bonchev–Trinajstić information content (AvgIpc) is 3.37. The van der Waals surface area contributed by atoms with Gasteiger partial charge < -0.3 is 24.3 Å². The second-order valence-electron chi connectivity index (χ2n) is 8.02. The third kappa shape index (κ3) is 6.56. The lowest BCUT2D eigenvalue weighted by atomic mass is 10.1. The molecule has 2 heterocycles. The molecule has 0 radical (unpaired) electrons. The fourth-order valence-electron chi connectivity index (χ4n) is 3.27. The van der Waals surface area contributed by atoms with Gasteiger partial charge in [-0.15, -0.1) is 21.5 Å². The summed E-state index contributed by atoms with van der Waals surface area (Å²) in [5.74, 6) is -0.383. The molecular weight excluding hydrogens is 561 g/mol. The largest absolute Gasteiger partial charge is 0.481 e.